The smallest absolute Gasteiger partial charge is 0.509 e. The number of para-hydroxylation sites is 1. The van der Waals surface area contributed by atoms with Crippen molar-refractivity contribution in [1.82, 2.24) is 19.3 Å². The van der Waals surface area contributed by atoms with Crippen LogP contribution in [-0.4, -0.2) is 19.3 Å². The molecule has 0 radical (unpaired) electrons. The zero-order valence-corrected chi connectivity index (χ0v) is 29.4. The van der Waals surface area contributed by atoms with Crippen LogP contribution in [-0.2, 0) is 21.1 Å². The summed E-state index contributed by atoms with van der Waals surface area (Å²) in [7, 11) is 0. The molecule has 0 amide bonds. The van der Waals surface area contributed by atoms with Gasteiger partial charge in [0.2, 0.25) is 0 Å². The molecule has 7 rings (SSSR count). The molecular weight excluding hydrogens is 748 g/mol. The summed E-state index contributed by atoms with van der Waals surface area (Å²) in [5.74, 6) is 2.31. The average Bonchev–Trinajstić information content (AvgIpc) is 3.51. The van der Waals surface area contributed by atoms with Crippen LogP contribution in [0.4, 0.5) is 0 Å². The standard InChI is InChI=1S/C40H36N4O.Pt/c1-24(2)40-39(38-27(5)19-26(4)20-28(38)6)29(7)42-44(40)30-11-10-12-31(22-30)45-32-15-16-34-33-13-8-9-14-35(33)43(36(34)23-32)37-21-25(3)17-18-41-37;/h8-21,24H,1-7H3;/q-2;+2. The van der Waals surface area contributed by atoms with E-state index in [1.807, 2.05) is 41.2 Å². The molecule has 3 aromatic heterocycles. The van der Waals surface area contributed by atoms with E-state index in [0.717, 1.165) is 44.6 Å². The minimum atomic E-state index is 0. The minimum Gasteiger partial charge on any atom is -0.509 e. The van der Waals surface area contributed by atoms with Gasteiger partial charge in [-0.1, -0.05) is 55.3 Å². The third kappa shape index (κ3) is 5.47. The molecule has 0 saturated carbocycles. The van der Waals surface area contributed by atoms with E-state index >= 15 is 0 Å². The molecule has 232 valence electrons. The van der Waals surface area contributed by atoms with Crippen molar-refractivity contribution in [3.63, 3.8) is 0 Å². The van der Waals surface area contributed by atoms with E-state index in [1.54, 1.807) is 0 Å². The maximum atomic E-state index is 6.45. The summed E-state index contributed by atoms with van der Waals surface area (Å²) < 4.78 is 10.6. The summed E-state index contributed by atoms with van der Waals surface area (Å²) in [6, 6.07) is 34.1. The predicted octanol–water partition coefficient (Wildman–Crippen LogP) is 10.1. The Morgan fingerprint density at radius 3 is 2.20 bits per heavy atom. The topological polar surface area (TPSA) is 44.9 Å². The molecule has 0 saturated heterocycles. The first kappa shape index (κ1) is 31.5. The molecule has 0 atom stereocenters. The van der Waals surface area contributed by atoms with Crippen LogP contribution in [0.2, 0.25) is 0 Å². The third-order valence-electron chi connectivity index (χ3n) is 8.46. The summed E-state index contributed by atoms with van der Waals surface area (Å²) in [6.07, 6.45) is 1.85. The van der Waals surface area contributed by atoms with Crippen molar-refractivity contribution in [1.29, 1.82) is 0 Å². The first-order valence-corrected chi connectivity index (χ1v) is 15.5. The second-order valence-electron chi connectivity index (χ2n) is 12.3. The van der Waals surface area contributed by atoms with Crippen LogP contribution < -0.4 is 4.74 Å². The molecule has 4 aromatic carbocycles. The Morgan fingerprint density at radius 1 is 0.717 bits per heavy atom. The number of rotatable bonds is 6. The van der Waals surface area contributed by atoms with Crippen LogP contribution in [0.5, 0.6) is 11.5 Å². The zero-order chi connectivity index (χ0) is 31.4. The van der Waals surface area contributed by atoms with Crippen molar-refractivity contribution < 1.29 is 25.8 Å². The normalized spacial score (nSPS) is 11.4. The van der Waals surface area contributed by atoms with E-state index in [9.17, 15) is 0 Å². The van der Waals surface area contributed by atoms with Crippen molar-refractivity contribution in [3.05, 3.63) is 131 Å². The fraction of sp³-hybridized carbons (Fsp3) is 0.200. The molecule has 46 heavy (non-hydrogen) atoms. The van der Waals surface area contributed by atoms with Gasteiger partial charge in [-0.05, 0) is 92.1 Å². The fourth-order valence-corrected chi connectivity index (χ4v) is 6.70. The summed E-state index contributed by atoms with van der Waals surface area (Å²) in [4.78, 5) is 4.70. The van der Waals surface area contributed by atoms with E-state index in [4.69, 9.17) is 14.8 Å². The molecule has 0 aliphatic heterocycles. The number of hydrogen-bond donors (Lipinski definition) is 0. The molecule has 0 fully saturated rings. The monoisotopic (exact) mass is 783 g/mol. The van der Waals surface area contributed by atoms with E-state index in [2.05, 4.69) is 114 Å². The van der Waals surface area contributed by atoms with Gasteiger partial charge in [0.15, 0.2) is 0 Å². The minimum absolute atomic E-state index is 0. The number of hydrogen-bond acceptors (Lipinski definition) is 3. The van der Waals surface area contributed by atoms with E-state index in [0.29, 0.717) is 11.5 Å². The molecule has 5 nitrogen and oxygen atoms in total. The van der Waals surface area contributed by atoms with Crippen LogP contribution in [0.1, 0.15) is 53.4 Å². The van der Waals surface area contributed by atoms with Crippen LogP contribution in [0.15, 0.2) is 85.1 Å². The van der Waals surface area contributed by atoms with Gasteiger partial charge in [-0.3, -0.25) is 4.68 Å². The maximum absolute atomic E-state index is 6.45. The molecule has 0 aliphatic rings. The second kappa shape index (κ2) is 12.4. The van der Waals surface area contributed by atoms with Crippen LogP contribution in [0.3, 0.4) is 0 Å². The van der Waals surface area contributed by atoms with Crippen molar-refractivity contribution in [2.75, 3.05) is 0 Å². The van der Waals surface area contributed by atoms with Crippen molar-refractivity contribution >= 4 is 21.8 Å². The molecule has 0 N–H and O–H groups in total. The largest absolute Gasteiger partial charge is 2.00 e. The molecule has 0 spiro atoms. The summed E-state index contributed by atoms with van der Waals surface area (Å²) in [5.41, 5.74) is 12.4. The van der Waals surface area contributed by atoms with Gasteiger partial charge in [-0.15, -0.1) is 35.7 Å². The van der Waals surface area contributed by atoms with Crippen molar-refractivity contribution in [2.45, 2.75) is 54.4 Å². The first-order valence-electron chi connectivity index (χ1n) is 15.5. The quantitative estimate of drug-likeness (QED) is 0.158. The van der Waals surface area contributed by atoms with Gasteiger partial charge in [0.1, 0.15) is 5.82 Å². The molecule has 6 heteroatoms. The Balaban J connectivity index is 0.00000372. The Hall–Kier alpha value is -4.47. The molecule has 0 bridgehead atoms. The van der Waals surface area contributed by atoms with Gasteiger partial charge in [0.25, 0.3) is 0 Å². The number of ether oxygens (including phenoxy) is 1. The van der Waals surface area contributed by atoms with Crippen molar-refractivity contribution in [2.24, 2.45) is 0 Å². The summed E-state index contributed by atoms with van der Waals surface area (Å²) >= 11 is 0. The molecule has 3 heterocycles. The van der Waals surface area contributed by atoms with E-state index in [-0.39, 0.29) is 27.0 Å². The number of nitrogens with zero attached hydrogens (tertiary/aromatic N) is 4. The Labute approximate surface area is 285 Å². The predicted molar refractivity (Wildman–Crippen MR) is 183 cm³/mol. The first-order chi connectivity index (χ1) is 21.7. The zero-order valence-electron chi connectivity index (χ0n) is 27.2. The van der Waals surface area contributed by atoms with Crippen LogP contribution in [0, 0.1) is 46.8 Å². The molecule has 7 aromatic rings. The van der Waals surface area contributed by atoms with Crippen molar-refractivity contribution in [3.8, 4) is 34.1 Å². The summed E-state index contributed by atoms with van der Waals surface area (Å²) in [5, 5.41) is 7.31. The Bertz CT molecular complexity index is 2220. The second-order valence-corrected chi connectivity index (χ2v) is 12.3. The fourth-order valence-electron chi connectivity index (χ4n) is 6.70. The number of aryl methyl sites for hydroxylation is 5. The number of aromatic nitrogens is 4. The van der Waals surface area contributed by atoms with Crippen LogP contribution >= 0.6 is 0 Å². The summed E-state index contributed by atoms with van der Waals surface area (Å²) in [6.45, 7) is 15.2. The maximum Gasteiger partial charge on any atom is 2.00 e. The van der Waals surface area contributed by atoms with Gasteiger partial charge >= 0.3 is 21.1 Å². The Morgan fingerprint density at radius 2 is 1.46 bits per heavy atom. The van der Waals surface area contributed by atoms with Gasteiger partial charge < -0.3 is 9.30 Å². The molecular formula is C40H36N4OPt. The molecule has 0 aliphatic carbocycles. The SMILES string of the molecule is Cc1ccnc(-n2c3[c-]c(Oc4[c-]c(-n5nc(C)c(-c6c(C)cc(C)cc6C)c5C(C)C)ccc4)ccc3c3ccccc32)c1.[Pt+2]. The van der Waals surface area contributed by atoms with E-state index in [1.165, 1.54) is 33.5 Å². The average molecular weight is 784 g/mol. The van der Waals surface area contributed by atoms with E-state index < -0.39 is 0 Å². The molecule has 0 unspecified atom stereocenters. The number of pyridine rings is 1. The van der Waals surface area contributed by atoms with Gasteiger partial charge in [-0.2, -0.15) is 17.2 Å². The Kier molecular flexibility index (Phi) is 8.48. The third-order valence-corrected chi connectivity index (χ3v) is 8.46. The van der Waals surface area contributed by atoms with Gasteiger partial charge in [0.05, 0.1) is 11.4 Å². The number of benzene rings is 4. The van der Waals surface area contributed by atoms with Gasteiger partial charge in [-0.25, -0.2) is 4.98 Å². The van der Waals surface area contributed by atoms with Gasteiger partial charge in [0, 0.05) is 28.8 Å². The van der Waals surface area contributed by atoms with Crippen LogP contribution in [0.25, 0.3) is 44.4 Å². The number of fused-ring (bicyclic) bond motifs is 3.